The smallest absolute Gasteiger partial charge is 1.00 e. The molecule has 1 nitrogen and oxygen atoms in total. The van der Waals surface area contributed by atoms with E-state index in [1.807, 2.05) is 36.4 Å². The molecule has 3 aromatic rings. The summed E-state index contributed by atoms with van der Waals surface area (Å²) in [5.74, 6) is 0. The second kappa shape index (κ2) is 8.72. The van der Waals surface area contributed by atoms with Gasteiger partial charge in [-0.2, -0.15) is 0 Å². The van der Waals surface area contributed by atoms with E-state index >= 15 is 0 Å². The van der Waals surface area contributed by atoms with Crippen molar-refractivity contribution in [3.8, 4) is 0 Å². The molecule has 1 aliphatic rings. The summed E-state index contributed by atoms with van der Waals surface area (Å²) in [4.78, 5) is 4.50. The normalized spacial score (nSPS) is 13.7. The molecule has 1 aromatic heterocycles. The van der Waals surface area contributed by atoms with Crippen molar-refractivity contribution in [3.05, 3.63) is 88.0 Å². The van der Waals surface area contributed by atoms with Crippen molar-refractivity contribution in [2.24, 2.45) is 0 Å². The van der Waals surface area contributed by atoms with Gasteiger partial charge < -0.3 is 24.8 Å². The number of rotatable bonds is 2. The molecule has 7 heteroatoms. The molecule has 0 radical (unpaired) electrons. The molecule has 0 amide bonds. The van der Waals surface area contributed by atoms with Gasteiger partial charge in [-0.25, -0.2) is 0 Å². The van der Waals surface area contributed by atoms with E-state index in [0.29, 0.717) is 6.42 Å². The van der Waals surface area contributed by atoms with Crippen molar-refractivity contribution in [2.75, 3.05) is 0 Å². The molecular formula is C21H13Cl2CrF3N. The number of allylic oxidation sites excluding steroid dienone is 4. The first-order chi connectivity index (χ1) is 12.4. The number of hydrogen-bond donors (Lipinski definition) is 0. The van der Waals surface area contributed by atoms with Gasteiger partial charge in [0.1, 0.15) is 0 Å². The maximum Gasteiger partial charge on any atom is -1.00 e. The molecule has 0 N–H and O–H groups in total. The number of aromatic nitrogens is 1. The standard InChI is InChI=1S/C21H13F3N.2ClH.Cr/c22-21(23,24)18-10-8-14(9-11-18)16-6-7-17(13-16)19-5-1-3-15-4-2-12-25-20(15)19;;;/h1-6,8-12H,7H2;2*1H;/q;;;+2/p-2. The Morgan fingerprint density at radius 2 is 1.57 bits per heavy atom. The predicted molar refractivity (Wildman–Crippen MR) is 92.7 cm³/mol. The van der Waals surface area contributed by atoms with Crippen LogP contribution in [0.25, 0.3) is 22.0 Å². The molecule has 28 heavy (non-hydrogen) atoms. The predicted octanol–water partition coefficient (Wildman–Crippen LogP) is 0.00680. The zero-order chi connectivity index (χ0) is 18.3. The zero-order valence-electron chi connectivity index (χ0n) is 14.3. The van der Waals surface area contributed by atoms with Crippen LogP contribution in [0.15, 0.2) is 71.3 Å². The fraction of sp³-hybridized carbons (Fsp3) is 0.0952. The molecular weight excluding hydrogens is 446 g/mol. The molecule has 0 saturated heterocycles. The SMILES string of the molecule is FC(F)(F)c1ccc(C2=CCC(c3cccc4cccnc34)=[C]2[Cr+2])cc1.[Cl-].[Cl-]. The molecule has 1 heterocycles. The Morgan fingerprint density at radius 3 is 2.25 bits per heavy atom. The van der Waals surface area contributed by atoms with E-state index in [4.69, 9.17) is 0 Å². The van der Waals surface area contributed by atoms with Crippen LogP contribution < -0.4 is 24.8 Å². The summed E-state index contributed by atoms with van der Waals surface area (Å²) in [6, 6.07) is 15.3. The second-order valence-corrected chi connectivity index (χ2v) is 6.72. The van der Waals surface area contributed by atoms with Crippen LogP contribution in [-0.2, 0) is 22.5 Å². The molecule has 0 spiro atoms. The van der Waals surface area contributed by atoms with Crippen LogP contribution in [0, 0.1) is 0 Å². The van der Waals surface area contributed by atoms with E-state index in [9.17, 15) is 13.2 Å². The van der Waals surface area contributed by atoms with Gasteiger partial charge in [0.2, 0.25) is 0 Å². The Bertz CT molecular complexity index is 1050. The van der Waals surface area contributed by atoms with Gasteiger partial charge in [-0.3, -0.25) is 0 Å². The summed E-state index contributed by atoms with van der Waals surface area (Å²) in [5, 5.41) is 1.06. The first-order valence-corrected chi connectivity index (χ1v) is 8.71. The van der Waals surface area contributed by atoms with Crippen molar-refractivity contribution >= 4 is 22.0 Å². The van der Waals surface area contributed by atoms with Gasteiger partial charge >= 0.3 is 157 Å². The Balaban J connectivity index is 0.00000140. The van der Waals surface area contributed by atoms with Crippen LogP contribution in [0.3, 0.4) is 0 Å². The van der Waals surface area contributed by atoms with E-state index in [2.05, 4.69) is 21.3 Å². The van der Waals surface area contributed by atoms with E-state index in [1.54, 1.807) is 6.20 Å². The van der Waals surface area contributed by atoms with Crippen molar-refractivity contribution in [1.82, 2.24) is 4.98 Å². The van der Waals surface area contributed by atoms with Crippen molar-refractivity contribution in [1.29, 1.82) is 0 Å². The Hall–Kier alpha value is -1.77. The number of halogens is 5. The Morgan fingerprint density at radius 1 is 0.893 bits per heavy atom. The number of benzene rings is 2. The van der Waals surface area contributed by atoms with Crippen molar-refractivity contribution < 1.29 is 54.3 Å². The summed E-state index contributed by atoms with van der Waals surface area (Å²) in [7, 11) is 0. The first-order valence-electron chi connectivity index (χ1n) is 8.07. The number of fused-ring (bicyclic) bond motifs is 1. The minimum Gasteiger partial charge on any atom is -1.00 e. The molecule has 0 aliphatic heterocycles. The van der Waals surface area contributed by atoms with E-state index in [-0.39, 0.29) is 24.8 Å². The largest absolute Gasteiger partial charge is 1.00 e. The average molecular weight is 459 g/mol. The average Bonchev–Trinajstić information content (AvgIpc) is 3.02. The second-order valence-electron chi connectivity index (χ2n) is 6.09. The van der Waals surface area contributed by atoms with Crippen LogP contribution in [0.1, 0.15) is 23.1 Å². The quantitative estimate of drug-likeness (QED) is 0.527. The van der Waals surface area contributed by atoms with Gasteiger partial charge in [0, 0.05) is 0 Å². The Labute approximate surface area is 181 Å². The fourth-order valence-electron chi connectivity index (χ4n) is 3.22. The molecule has 0 fully saturated rings. The summed E-state index contributed by atoms with van der Waals surface area (Å²) in [6.45, 7) is 0. The van der Waals surface area contributed by atoms with Crippen LogP contribution in [-0.4, -0.2) is 4.98 Å². The van der Waals surface area contributed by atoms with Gasteiger partial charge in [0.25, 0.3) is 0 Å². The summed E-state index contributed by atoms with van der Waals surface area (Å²) < 4.78 is 39.3. The molecule has 0 unspecified atom stereocenters. The summed E-state index contributed by atoms with van der Waals surface area (Å²) in [6.07, 6.45) is 0.212. The third kappa shape index (κ3) is 4.14. The molecule has 0 atom stereocenters. The minimum atomic E-state index is -4.32. The molecule has 1 aliphatic carbocycles. The van der Waals surface area contributed by atoms with Crippen LogP contribution in [0.5, 0.6) is 0 Å². The van der Waals surface area contributed by atoms with Crippen molar-refractivity contribution in [3.63, 3.8) is 0 Å². The van der Waals surface area contributed by atoms with Crippen LogP contribution >= 0.6 is 0 Å². The van der Waals surface area contributed by atoms with E-state index in [0.717, 1.165) is 49.7 Å². The van der Waals surface area contributed by atoms with Gasteiger partial charge in [0.05, 0.1) is 0 Å². The number of para-hydroxylation sites is 1. The van der Waals surface area contributed by atoms with Crippen LogP contribution in [0.4, 0.5) is 13.2 Å². The molecule has 0 bridgehead atoms. The fourth-order valence-corrected chi connectivity index (χ4v) is 3.84. The summed E-state index contributed by atoms with van der Waals surface area (Å²) >= 11 is 3.11. The van der Waals surface area contributed by atoms with Gasteiger partial charge in [0.15, 0.2) is 0 Å². The van der Waals surface area contributed by atoms with Gasteiger partial charge in [-0.05, 0) is 0 Å². The van der Waals surface area contributed by atoms with E-state index < -0.39 is 11.7 Å². The number of nitrogens with zero attached hydrogens (tertiary/aromatic N) is 1. The monoisotopic (exact) mass is 458 g/mol. The molecule has 143 valence electrons. The van der Waals surface area contributed by atoms with Crippen LogP contribution in [0.2, 0.25) is 0 Å². The number of hydrogen-bond acceptors (Lipinski definition) is 1. The minimum absolute atomic E-state index is 0. The molecule has 2 aromatic carbocycles. The molecule has 4 rings (SSSR count). The third-order valence-corrected chi connectivity index (χ3v) is 5.24. The maximum atomic E-state index is 12.8. The van der Waals surface area contributed by atoms with E-state index in [1.165, 1.54) is 12.1 Å². The first kappa shape index (κ1) is 22.5. The van der Waals surface area contributed by atoms with Crippen molar-refractivity contribution in [2.45, 2.75) is 12.6 Å². The number of pyridine rings is 1. The third-order valence-electron chi connectivity index (χ3n) is 4.51. The van der Waals surface area contributed by atoms with Gasteiger partial charge in [-0.15, -0.1) is 0 Å². The number of alkyl halides is 3. The molecule has 0 saturated carbocycles. The Kier molecular flexibility index (Phi) is 7.01. The zero-order valence-corrected chi connectivity index (χ0v) is 17.1. The van der Waals surface area contributed by atoms with Gasteiger partial charge in [-0.1, -0.05) is 0 Å². The summed E-state index contributed by atoms with van der Waals surface area (Å²) in [5.41, 5.74) is 4.17. The maximum absolute atomic E-state index is 12.8. The topological polar surface area (TPSA) is 12.9 Å².